The van der Waals surface area contributed by atoms with Crippen LogP contribution < -0.4 is 14.9 Å². The van der Waals surface area contributed by atoms with Gasteiger partial charge in [0.25, 0.3) is 0 Å². The van der Waals surface area contributed by atoms with E-state index in [1.165, 1.54) is 11.1 Å². The van der Waals surface area contributed by atoms with Gasteiger partial charge in [0.15, 0.2) is 0 Å². The molecule has 2 aromatic rings. The lowest BCUT2D eigenvalue weighted by Gasteiger charge is -2.30. The molecule has 186 valence electrons. The van der Waals surface area contributed by atoms with Crippen molar-refractivity contribution in [3.05, 3.63) is 57.6 Å². The molecule has 0 fully saturated rings. The summed E-state index contributed by atoms with van der Waals surface area (Å²) in [6.45, 7) is 14.0. The first-order valence-electron chi connectivity index (χ1n) is 12.0. The lowest BCUT2D eigenvalue weighted by Crippen LogP contribution is -2.21. The molecule has 0 aliphatic heterocycles. The van der Waals surface area contributed by atoms with E-state index in [-0.39, 0.29) is 16.7 Å². The van der Waals surface area contributed by atoms with Crippen molar-refractivity contribution in [3.63, 3.8) is 0 Å². The molecular formula is C28H39BrN2O3. The second-order valence-corrected chi connectivity index (χ2v) is 10.7. The molecule has 0 aromatic heterocycles. The lowest BCUT2D eigenvalue weighted by molar-refractivity contribution is -0.121. The molecule has 1 amide bonds. The number of benzene rings is 2. The van der Waals surface area contributed by atoms with E-state index in [2.05, 4.69) is 86.2 Å². The van der Waals surface area contributed by atoms with E-state index in [9.17, 15) is 4.79 Å². The predicted octanol–water partition coefficient (Wildman–Crippen LogP) is 7.14. The second kappa shape index (κ2) is 12.4. The number of hydrogen-bond donors (Lipinski definition) is 1. The summed E-state index contributed by atoms with van der Waals surface area (Å²) in [5, 5.41) is 4.06. The van der Waals surface area contributed by atoms with E-state index in [0.717, 1.165) is 28.6 Å². The van der Waals surface area contributed by atoms with Gasteiger partial charge < -0.3 is 9.47 Å². The van der Waals surface area contributed by atoms with Gasteiger partial charge >= 0.3 is 0 Å². The van der Waals surface area contributed by atoms with Crippen molar-refractivity contribution >= 4 is 28.1 Å². The quantitative estimate of drug-likeness (QED) is 0.180. The summed E-state index contributed by atoms with van der Waals surface area (Å²) >= 11 is 3.43. The second-order valence-electron chi connectivity index (χ2n) is 9.82. The van der Waals surface area contributed by atoms with Gasteiger partial charge in [-0.25, -0.2) is 5.43 Å². The van der Waals surface area contributed by atoms with Crippen LogP contribution in [0.1, 0.15) is 83.9 Å². The summed E-state index contributed by atoms with van der Waals surface area (Å²) in [4.78, 5) is 12.2. The summed E-state index contributed by atoms with van der Waals surface area (Å²) in [5.74, 6) is 1.44. The predicted molar refractivity (Wildman–Crippen MR) is 144 cm³/mol. The minimum absolute atomic E-state index is 0.00867. The maximum atomic E-state index is 12.2. The van der Waals surface area contributed by atoms with Crippen molar-refractivity contribution in [2.24, 2.45) is 5.10 Å². The van der Waals surface area contributed by atoms with Crippen molar-refractivity contribution < 1.29 is 14.3 Å². The van der Waals surface area contributed by atoms with Crippen molar-refractivity contribution in [1.82, 2.24) is 5.43 Å². The number of halogens is 1. The number of rotatable bonds is 12. The van der Waals surface area contributed by atoms with Crippen LogP contribution in [-0.4, -0.2) is 25.8 Å². The molecule has 0 unspecified atom stereocenters. The van der Waals surface area contributed by atoms with Crippen LogP contribution in [-0.2, 0) is 15.6 Å². The van der Waals surface area contributed by atoms with Gasteiger partial charge in [0.05, 0.1) is 19.9 Å². The van der Waals surface area contributed by atoms with Gasteiger partial charge in [-0.3, -0.25) is 4.79 Å². The maximum Gasteiger partial charge on any atom is 0.240 e. The van der Waals surface area contributed by atoms with E-state index in [1.54, 1.807) is 13.3 Å². The third-order valence-electron chi connectivity index (χ3n) is 6.65. The fraction of sp³-hybridized carbons (Fsp3) is 0.500. The molecule has 5 nitrogen and oxygen atoms in total. The topological polar surface area (TPSA) is 59.9 Å². The Morgan fingerprint density at radius 3 is 2.35 bits per heavy atom. The van der Waals surface area contributed by atoms with Crippen LogP contribution in [0, 0.1) is 0 Å². The van der Waals surface area contributed by atoms with Crippen LogP contribution in [0.4, 0.5) is 0 Å². The Balaban J connectivity index is 1.95. The van der Waals surface area contributed by atoms with Crippen LogP contribution in [0.25, 0.3) is 0 Å². The molecule has 0 bridgehead atoms. The molecule has 0 spiro atoms. The molecule has 0 atom stereocenters. The number of carbonyl (C=O) groups excluding carboxylic acids is 1. The number of methoxy groups -OCH3 is 1. The maximum absolute atomic E-state index is 12.2. The van der Waals surface area contributed by atoms with Gasteiger partial charge in [0, 0.05) is 22.0 Å². The first kappa shape index (κ1) is 27.9. The highest BCUT2D eigenvalue weighted by atomic mass is 79.9. The average molecular weight is 532 g/mol. The summed E-state index contributed by atoms with van der Waals surface area (Å²) in [6, 6.07) is 12.2. The van der Waals surface area contributed by atoms with Crippen molar-refractivity contribution in [2.45, 2.75) is 78.1 Å². The normalized spacial score (nSPS) is 12.1. The monoisotopic (exact) mass is 530 g/mol. The minimum Gasteiger partial charge on any atom is -0.496 e. The Labute approximate surface area is 213 Å². The highest BCUT2D eigenvalue weighted by Crippen LogP contribution is 2.38. The fourth-order valence-electron chi connectivity index (χ4n) is 3.45. The Morgan fingerprint density at radius 2 is 1.71 bits per heavy atom. The van der Waals surface area contributed by atoms with Crippen LogP contribution in [0.5, 0.6) is 11.5 Å². The molecule has 0 saturated carbocycles. The molecule has 2 rings (SSSR count). The molecule has 0 radical (unpaired) electrons. The van der Waals surface area contributed by atoms with Gasteiger partial charge in [0.1, 0.15) is 11.5 Å². The number of carbonyl (C=O) groups is 1. The van der Waals surface area contributed by atoms with Gasteiger partial charge in [-0.05, 0) is 59.9 Å². The van der Waals surface area contributed by atoms with E-state index < -0.39 is 0 Å². The van der Waals surface area contributed by atoms with E-state index in [4.69, 9.17) is 9.47 Å². The zero-order chi connectivity index (χ0) is 25.4. The van der Waals surface area contributed by atoms with Crippen molar-refractivity contribution in [3.8, 4) is 11.5 Å². The first-order chi connectivity index (χ1) is 16.0. The molecule has 34 heavy (non-hydrogen) atoms. The van der Waals surface area contributed by atoms with E-state index in [1.807, 2.05) is 18.2 Å². The number of ether oxygens (including phenoxy) is 2. The molecule has 2 aromatic carbocycles. The minimum atomic E-state index is -0.150. The summed E-state index contributed by atoms with van der Waals surface area (Å²) < 4.78 is 12.4. The Kier molecular flexibility index (Phi) is 10.2. The summed E-state index contributed by atoms with van der Waals surface area (Å²) in [6.07, 6.45) is 4.61. The zero-order valence-electron chi connectivity index (χ0n) is 21.6. The molecule has 0 aliphatic carbocycles. The Hall–Kier alpha value is -2.34. The van der Waals surface area contributed by atoms with Crippen molar-refractivity contribution in [1.29, 1.82) is 0 Å². The standard InChI is InChI=1S/C28H39BrN2O3/c1-8-27(3,4)21-12-14-25(23(18-21)28(5,6)9-2)34-16-10-11-26(32)31-30-19-20-17-22(29)13-15-24(20)33-7/h12-15,17-19H,8-11,16H2,1-7H3,(H,31,32)/b30-19-. The lowest BCUT2D eigenvalue weighted by atomic mass is 9.76. The number of nitrogens with zero attached hydrogens (tertiary/aromatic N) is 1. The molecule has 6 heteroatoms. The zero-order valence-corrected chi connectivity index (χ0v) is 23.2. The van der Waals surface area contributed by atoms with Gasteiger partial charge in [-0.2, -0.15) is 5.10 Å². The Morgan fingerprint density at radius 1 is 1.03 bits per heavy atom. The number of hydrazone groups is 1. The van der Waals surface area contributed by atoms with Crippen molar-refractivity contribution in [2.75, 3.05) is 13.7 Å². The Bertz CT molecular complexity index is 999. The largest absolute Gasteiger partial charge is 0.496 e. The van der Waals surface area contributed by atoms with Gasteiger partial charge in [-0.15, -0.1) is 0 Å². The molecular weight excluding hydrogens is 492 g/mol. The van der Waals surface area contributed by atoms with Crippen LogP contribution >= 0.6 is 15.9 Å². The van der Waals surface area contributed by atoms with Crippen LogP contribution in [0.2, 0.25) is 0 Å². The number of nitrogens with one attached hydrogen (secondary N) is 1. The summed E-state index contributed by atoms with van der Waals surface area (Å²) in [7, 11) is 1.60. The molecule has 0 aliphatic rings. The third-order valence-corrected chi connectivity index (χ3v) is 7.14. The summed E-state index contributed by atoms with van der Waals surface area (Å²) in [5.41, 5.74) is 6.05. The molecule has 1 N–H and O–H groups in total. The third kappa shape index (κ3) is 7.59. The van der Waals surface area contributed by atoms with Gasteiger partial charge in [0.2, 0.25) is 5.91 Å². The van der Waals surface area contributed by atoms with E-state index >= 15 is 0 Å². The SMILES string of the molecule is CCC(C)(C)c1ccc(OCCCC(=O)N/N=C\c2cc(Br)ccc2OC)c(C(C)(C)CC)c1. The highest BCUT2D eigenvalue weighted by molar-refractivity contribution is 9.10. The number of hydrogen-bond acceptors (Lipinski definition) is 4. The smallest absolute Gasteiger partial charge is 0.240 e. The van der Waals surface area contributed by atoms with Crippen LogP contribution in [0.15, 0.2) is 46.0 Å². The van der Waals surface area contributed by atoms with Crippen LogP contribution in [0.3, 0.4) is 0 Å². The molecule has 0 saturated heterocycles. The van der Waals surface area contributed by atoms with E-state index in [0.29, 0.717) is 25.2 Å². The molecule has 0 heterocycles. The fourth-order valence-corrected chi connectivity index (χ4v) is 3.83. The average Bonchev–Trinajstić information content (AvgIpc) is 2.82. The first-order valence-corrected chi connectivity index (χ1v) is 12.8. The van der Waals surface area contributed by atoms with Gasteiger partial charge in [-0.1, -0.05) is 69.6 Å². The highest BCUT2D eigenvalue weighted by Gasteiger charge is 2.26. The number of amides is 1.